The molecule has 16 heavy (non-hydrogen) atoms. The predicted octanol–water partition coefficient (Wildman–Crippen LogP) is 1.96. The summed E-state index contributed by atoms with van der Waals surface area (Å²) in [4.78, 5) is 5.41. The molecule has 0 aromatic carbocycles. The summed E-state index contributed by atoms with van der Waals surface area (Å²) in [6.45, 7) is -0.369. The number of aliphatic hydroxyl groups is 1. The van der Waals surface area contributed by atoms with E-state index in [0.717, 1.165) is 0 Å². The molecule has 1 aromatic heterocycles. The number of halogens is 3. The third-order valence-electron chi connectivity index (χ3n) is 2.08. The molecule has 6 heteroatoms. The van der Waals surface area contributed by atoms with Gasteiger partial charge in [0.2, 0.25) is 0 Å². The lowest BCUT2D eigenvalue weighted by molar-refractivity contribution is -0.132. The summed E-state index contributed by atoms with van der Waals surface area (Å²) in [7, 11) is 1.54. The lowest BCUT2D eigenvalue weighted by Gasteiger charge is -2.19. The highest BCUT2D eigenvalue weighted by Crippen LogP contribution is 2.21. The highest BCUT2D eigenvalue weighted by Gasteiger charge is 2.27. The van der Waals surface area contributed by atoms with Crippen molar-refractivity contribution >= 4 is 5.82 Å². The van der Waals surface area contributed by atoms with Crippen molar-refractivity contribution in [2.24, 2.45) is 0 Å². The van der Waals surface area contributed by atoms with Crippen LogP contribution in [0.4, 0.5) is 19.0 Å². The first kappa shape index (κ1) is 12.8. The molecule has 0 radical (unpaired) electrons. The van der Waals surface area contributed by atoms with Crippen LogP contribution in [0.25, 0.3) is 0 Å². The summed E-state index contributed by atoms with van der Waals surface area (Å²) >= 11 is 0. The van der Waals surface area contributed by atoms with E-state index in [4.69, 9.17) is 5.11 Å². The SMILES string of the molecule is CN(CCC(F)(F)F)c1cccc(CO)n1. The quantitative estimate of drug-likeness (QED) is 0.865. The molecule has 3 nitrogen and oxygen atoms in total. The number of aliphatic hydroxyl groups excluding tert-OH is 1. The normalized spacial score (nSPS) is 11.6. The predicted molar refractivity (Wildman–Crippen MR) is 54.1 cm³/mol. The molecule has 0 amide bonds. The lowest BCUT2D eigenvalue weighted by atomic mass is 10.3. The Morgan fingerprint density at radius 1 is 1.38 bits per heavy atom. The number of alkyl halides is 3. The minimum Gasteiger partial charge on any atom is -0.390 e. The smallest absolute Gasteiger partial charge is 0.390 e. The average molecular weight is 234 g/mol. The minimum atomic E-state index is -4.16. The first-order chi connectivity index (χ1) is 7.42. The maximum absolute atomic E-state index is 12.0. The summed E-state index contributed by atoms with van der Waals surface area (Å²) in [6, 6.07) is 4.87. The van der Waals surface area contributed by atoms with Crippen molar-refractivity contribution in [3.05, 3.63) is 23.9 Å². The Morgan fingerprint density at radius 2 is 2.06 bits per heavy atom. The maximum Gasteiger partial charge on any atom is 0.390 e. The maximum atomic E-state index is 12.0. The van der Waals surface area contributed by atoms with E-state index in [1.807, 2.05) is 0 Å². The fraction of sp³-hybridized carbons (Fsp3) is 0.500. The van der Waals surface area contributed by atoms with Gasteiger partial charge in [-0.2, -0.15) is 13.2 Å². The van der Waals surface area contributed by atoms with Crippen molar-refractivity contribution in [2.75, 3.05) is 18.5 Å². The van der Waals surface area contributed by atoms with Gasteiger partial charge in [0.1, 0.15) is 5.82 Å². The van der Waals surface area contributed by atoms with E-state index in [9.17, 15) is 13.2 Å². The van der Waals surface area contributed by atoms with Crippen LogP contribution in [0.2, 0.25) is 0 Å². The van der Waals surface area contributed by atoms with E-state index >= 15 is 0 Å². The van der Waals surface area contributed by atoms with Crippen LogP contribution >= 0.6 is 0 Å². The number of nitrogens with zero attached hydrogens (tertiary/aromatic N) is 2. The van der Waals surface area contributed by atoms with Gasteiger partial charge in [0, 0.05) is 13.6 Å². The molecule has 0 aliphatic rings. The number of hydrogen-bond donors (Lipinski definition) is 1. The van der Waals surface area contributed by atoms with Gasteiger partial charge in [-0.3, -0.25) is 0 Å². The van der Waals surface area contributed by atoms with Crippen LogP contribution in [-0.2, 0) is 6.61 Å². The van der Waals surface area contributed by atoms with Crippen LogP contribution in [0.5, 0.6) is 0 Å². The number of anilines is 1. The first-order valence-corrected chi connectivity index (χ1v) is 4.77. The van der Waals surface area contributed by atoms with Crippen LogP contribution < -0.4 is 4.90 Å². The van der Waals surface area contributed by atoms with Crippen molar-refractivity contribution in [1.29, 1.82) is 0 Å². The average Bonchev–Trinajstić information content (AvgIpc) is 2.25. The topological polar surface area (TPSA) is 36.4 Å². The summed E-state index contributed by atoms with van der Waals surface area (Å²) in [5.74, 6) is 0.427. The Morgan fingerprint density at radius 3 is 2.62 bits per heavy atom. The van der Waals surface area contributed by atoms with Gasteiger partial charge in [0.05, 0.1) is 18.7 Å². The largest absolute Gasteiger partial charge is 0.390 e. The van der Waals surface area contributed by atoms with Crippen molar-refractivity contribution in [1.82, 2.24) is 4.98 Å². The zero-order valence-electron chi connectivity index (χ0n) is 8.83. The molecular weight excluding hydrogens is 221 g/mol. The van der Waals surface area contributed by atoms with Crippen molar-refractivity contribution in [3.8, 4) is 0 Å². The molecule has 0 aliphatic heterocycles. The molecule has 90 valence electrons. The molecule has 1 N–H and O–H groups in total. The minimum absolute atomic E-state index is 0.147. The number of pyridine rings is 1. The molecular formula is C10H13F3N2O. The molecule has 0 spiro atoms. The molecule has 0 unspecified atom stereocenters. The fourth-order valence-electron chi connectivity index (χ4n) is 1.18. The molecule has 0 bridgehead atoms. The van der Waals surface area contributed by atoms with Gasteiger partial charge in [0.25, 0.3) is 0 Å². The van der Waals surface area contributed by atoms with Gasteiger partial charge >= 0.3 is 6.18 Å². The molecule has 0 aliphatic carbocycles. The number of rotatable bonds is 4. The lowest BCUT2D eigenvalue weighted by Crippen LogP contribution is -2.24. The molecule has 0 saturated carbocycles. The second-order valence-electron chi connectivity index (χ2n) is 3.43. The summed E-state index contributed by atoms with van der Waals surface area (Å²) in [5.41, 5.74) is 0.441. The van der Waals surface area contributed by atoms with E-state index < -0.39 is 12.6 Å². The number of hydrogen-bond acceptors (Lipinski definition) is 3. The molecule has 0 fully saturated rings. The van der Waals surface area contributed by atoms with Crippen LogP contribution in [0.3, 0.4) is 0 Å². The molecule has 0 saturated heterocycles. The van der Waals surface area contributed by atoms with Gasteiger partial charge in [-0.05, 0) is 12.1 Å². The number of aromatic nitrogens is 1. The zero-order valence-corrected chi connectivity index (χ0v) is 8.83. The Hall–Kier alpha value is -1.30. The van der Waals surface area contributed by atoms with Gasteiger partial charge in [0.15, 0.2) is 0 Å². The van der Waals surface area contributed by atoms with Crippen LogP contribution in [0, 0.1) is 0 Å². The monoisotopic (exact) mass is 234 g/mol. The third kappa shape index (κ3) is 4.06. The summed E-state index contributed by atoms with van der Waals surface area (Å²) < 4.78 is 36.0. The Kier molecular flexibility index (Phi) is 4.12. The van der Waals surface area contributed by atoms with Crippen molar-refractivity contribution in [2.45, 2.75) is 19.2 Å². The summed E-state index contributed by atoms with van der Waals surface area (Å²) in [5, 5.41) is 8.84. The van der Waals surface area contributed by atoms with Gasteiger partial charge in [-0.25, -0.2) is 4.98 Å². The van der Waals surface area contributed by atoms with Gasteiger partial charge < -0.3 is 10.0 Å². The van der Waals surface area contributed by atoms with Crippen LogP contribution in [0.1, 0.15) is 12.1 Å². The van der Waals surface area contributed by atoms with E-state index in [1.54, 1.807) is 18.2 Å². The zero-order chi connectivity index (χ0) is 12.2. The van der Waals surface area contributed by atoms with Gasteiger partial charge in [-0.15, -0.1) is 0 Å². The van der Waals surface area contributed by atoms with Crippen molar-refractivity contribution < 1.29 is 18.3 Å². The standard InChI is InChI=1S/C10H13F3N2O/c1-15(6-5-10(11,12)13)9-4-2-3-8(7-16)14-9/h2-4,16H,5-7H2,1H3. The van der Waals surface area contributed by atoms with Crippen LogP contribution in [-0.4, -0.2) is 29.9 Å². The van der Waals surface area contributed by atoms with Crippen LogP contribution in [0.15, 0.2) is 18.2 Å². The Balaban J connectivity index is 2.62. The highest BCUT2D eigenvalue weighted by molar-refractivity contribution is 5.37. The molecule has 0 atom stereocenters. The molecule has 1 rings (SSSR count). The Bertz CT molecular complexity index is 341. The first-order valence-electron chi connectivity index (χ1n) is 4.77. The van der Waals surface area contributed by atoms with E-state index in [0.29, 0.717) is 11.5 Å². The third-order valence-corrected chi connectivity index (χ3v) is 2.08. The fourth-order valence-corrected chi connectivity index (χ4v) is 1.18. The van der Waals surface area contributed by atoms with Gasteiger partial charge in [-0.1, -0.05) is 6.07 Å². The van der Waals surface area contributed by atoms with E-state index in [2.05, 4.69) is 4.98 Å². The molecule has 1 aromatic rings. The van der Waals surface area contributed by atoms with E-state index in [-0.39, 0.29) is 13.2 Å². The summed E-state index contributed by atoms with van der Waals surface area (Å²) in [6.07, 6.45) is -5.04. The Labute approximate surface area is 91.5 Å². The second kappa shape index (κ2) is 5.16. The second-order valence-corrected chi connectivity index (χ2v) is 3.43. The van der Waals surface area contributed by atoms with E-state index in [1.165, 1.54) is 11.9 Å². The highest BCUT2D eigenvalue weighted by atomic mass is 19.4. The van der Waals surface area contributed by atoms with Crippen molar-refractivity contribution in [3.63, 3.8) is 0 Å². The molecule has 1 heterocycles.